The fourth-order valence-electron chi connectivity index (χ4n) is 2.52. The van der Waals surface area contributed by atoms with Crippen LogP contribution in [0.4, 0.5) is 11.4 Å². The topological polar surface area (TPSA) is 72.2 Å². The lowest BCUT2D eigenvalue weighted by molar-refractivity contribution is -0.384. The average Bonchev–Trinajstić information content (AvgIpc) is 2.66. The van der Waals surface area contributed by atoms with Gasteiger partial charge in [0.1, 0.15) is 0 Å². The number of nitrogens with one attached hydrogen (secondary N) is 1. The second kappa shape index (κ2) is 8.46. The van der Waals surface area contributed by atoms with Crippen molar-refractivity contribution in [2.75, 3.05) is 5.32 Å². The Hall–Kier alpha value is -2.83. The molecule has 0 aliphatic rings. The Bertz CT molecular complexity index is 1050. The fraction of sp³-hybridized carbons (Fsp3) is 0.0952. The van der Waals surface area contributed by atoms with Crippen LogP contribution >= 0.6 is 23.4 Å². The first kappa shape index (κ1) is 19.9. The Morgan fingerprint density at radius 3 is 2.25 bits per heavy atom. The summed E-state index contributed by atoms with van der Waals surface area (Å²) in [5, 5.41) is 13.6. The van der Waals surface area contributed by atoms with Crippen molar-refractivity contribution in [3.05, 3.63) is 92.5 Å². The number of aryl methyl sites for hydroxylation is 2. The summed E-state index contributed by atoms with van der Waals surface area (Å²) >= 11 is 7.65. The van der Waals surface area contributed by atoms with Crippen LogP contribution in [-0.4, -0.2) is 10.8 Å². The van der Waals surface area contributed by atoms with Gasteiger partial charge in [0.2, 0.25) is 0 Å². The monoisotopic (exact) mass is 412 g/mol. The first-order valence-electron chi connectivity index (χ1n) is 8.44. The maximum atomic E-state index is 12.4. The van der Waals surface area contributed by atoms with E-state index < -0.39 is 10.8 Å². The number of anilines is 1. The predicted molar refractivity (Wildman–Crippen MR) is 113 cm³/mol. The number of carbonyl (C=O) groups is 1. The molecule has 0 radical (unpaired) electrons. The van der Waals surface area contributed by atoms with Crippen molar-refractivity contribution in [3.8, 4) is 0 Å². The Kier molecular flexibility index (Phi) is 6.02. The minimum absolute atomic E-state index is 0.0358. The number of nitrogens with zero attached hydrogens (tertiary/aromatic N) is 1. The quantitative estimate of drug-likeness (QED) is 0.396. The zero-order valence-corrected chi connectivity index (χ0v) is 16.8. The van der Waals surface area contributed by atoms with Crippen molar-refractivity contribution in [1.29, 1.82) is 0 Å². The molecular weight excluding hydrogens is 396 g/mol. The maximum Gasteiger partial charge on any atom is 0.270 e. The molecule has 0 aliphatic heterocycles. The van der Waals surface area contributed by atoms with E-state index in [2.05, 4.69) is 37.4 Å². The molecule has 0 spiro atoms. The lowest BCUT2D eigenvalue weighted by atomic mass is 10.1. The highest BCUT2D eigenvalue weighted by molar-refractivity contribution is 7.99. The van der Waals surface area contributed by atoms with Gasteiger partial charge in [-0.2, -0.15) is 0 Å². The number of amides is 1. The summed E-state index contributed by atoms with van der Waals surface area (Å²) in [6.07, 6.45) is 0. The summed E-state index contributed by atoms with van der Waals surface area (Å²) in [6, 6.07) is 17.6. The zero-order valence-electron chi connectivity index (χ0n) is 15.2. The molecule has 0 aromatic heterocycles. The lowest BCUT2D eigenvalue weighted by Crippen LogP contribution is -2.12. The highest BCUT2D eigenvalue weighted by Gasteiger charge is 2.15. The molecule has 28 heavy (non-hydrogen) atoms. The molecule has 3 aromatic rings. The number of benzene rings is 3. The molecule has 0 fully saturated rings. The summed E-state index contributed by atoms with van der Waals surface area (Å²) in [5.41, 5.74) is 3.14. The minimum atomic E-state index is -0.556. The molecule has 0 saturated carbocycles. The molecule has 0 saturated heterocycles. The standard InChI is InChI=1S/C21H17ClN2O3S/c1-13-3-7-18(11-14(13)2)28-17-8-4-15(5-9-17)23-21(25)19-10-6-16(24(26)27)12-20(19)22/h3-12H,1-2H3,(H,23,25). The highest BCUT2D eigenvalue weighted by Crippen LogP contribution is 2.30. The van der Waals surface area contributed by atoms with Gasteiger partial charge in [-0.1, -0.05) is 29.4 Å². The number of rotatable bonds is 5. The third-order valence-electron chi connectivity index (χ3n) is 4.23. The van der Waals surface area contributed by atoms with Crippen LogP contribution in [0.3, 0.4) is 0 Å². The van der Waals surface area contributed by atoms with Crippen molar-refractivity contribution in [2.45, 2.75) is 23.6 Å². The Labute approximate surface area is 171 Å². The van der Waals surface area contributed by atoms with Crippen molar-refractivity contribution in [1.82, 2.24) is 0 Å². The van der Waals surface area contributed by atoms with Crippen molar-refractivity contribution in [2.24, 2.45) is 0 Å². The molecule has 5 nitrogen and oxygen atoms in total. The normalized spacial score (nSPS) is 10.5. The summed E-state index contributed by atoms with van der Waals surface area (Å²) in [7, 11) is 0. The zero-order chi connectivity index (χ0) is 20.3. The molecule has 0 atom stereocenters. The highest BCUT2D eigenvalue weighted by atomic mass is 35.5. The lowest BCUT2D eigenvalue weighted by Gasteiger charge is -2.08. The van der Waals surface area contributed by atoms with Gasteiger partial charge in [0.05, 0.1) is 15.5 Å². The van der Waals surface area contributed by atoms with Crippen LogP contribution in [0.5, 0.6) is 0 Å². The van der Waals surface area contributed by atoms with E-state index in [0.717, 1.165) is 9.79 Å². The van der Waals surface area contributed by atoms with Gasteiger partial charge in [-0.15, -0.1) is 0 Å². The number of halogens is 1. The van der Waals surface area contributed by atoms with Crippen LogP contribution in [0.25, 0.3) is 0 Å². The van der Waals surface area contributed by atoms with Crippen LogP contribution < -0.4 is 5.32 Å². The molecule has 3 aromatic carbocycles. The van der Waals surface area contributed by atoms with Crippen LogP contribution in [-0.2, 0) is 0 Å². The van der Waals surface area contributed by atoms with E-state index in [1.807, 2.05) is 12.1 Å². The number of nitro groups is 1. The van der Waals surface area contributed by atoms with Gasteiger partial charge in [0.15, 0.2) is 0 Å². The molecule has 3 rings (SSSR count). The summed E-state index contributed by atoms with van der Waals surface area (Å²) in [5.74, 6) is -0.422. The third-order valence-corrected chi connectivity index (χ3v) is 5.54. The maximum absolute atomic E-state index is 12.4. The number of carbonyl (C=O) groups excluding carboxylic acids is 1. The average molecular weight is 413 g/mol. The summed E-state index contributed by atoms with van der Waals surface area (Å²) < 4.78 is 0. The molecule has 0 aliphatic carbocycles. The summed E-state index contributed by atoms with van der Waals surface area (Å²) in [4.78, 5) is 24.8. The van der Waals surface area contributed by atoms with Gasteiger partial charge in [0, 0.05) is 27.6 Å². The van der Waals surface area contributed by atoms with E-state index in [1.165, 1.54) is 29.3 Å². The fourth-order valence-corrected chi connectivity index (χ4v) is 3.70. The van der Waals surface area contributed by atoms with E-state index in [-0.39, 0.29) is 16.3 Å². The van der Waals surface area contributed by atoms with E-state index >= 15 is 0 Å². The Balaban J connectivity index is 1.69. The summed E-state index contributed by atoms with van der Waals surface area (Å²) in [6.45, 7) is 4.17. The second-order valence-electron chi connectivity index (χ2n) is 6.25. The first-order valence-corrected chi connectivity index (χ1v) is 9.63. The number of non-ortho nitro benzene ring substituents is 1. The molecule has 7 heteroatoms. The Morgan fingerprint density at radius 1 is 0.964 bits per heavy atom. The largest absolute Gasteiger partial charge is 0.322 e. The Morgan fingerprint density at radius 2 is 1.64 bits per heavy atom. The molecule has 1 N–H and O–H groups in total. The molecule has 1 amide bonds. The molecule has 0 heterocycles. The minimum Gasteiger partial charge on any atom is -0.322 e. The molecule has 142 valence electrons. The van der Waals surface area contributed by atoms with Crippen molar-refractivity contribution >= 4 is 40.6 Å². The van der Waals surface area contributed by atoms with Gasteiger partial charge < -0.3 is 5.32 Å². The molecular formula is C21H17ClN2O3S. The van der Waals surface area contributed by atoms with Gasteiger partial charge in [-0.3, -0.25) is 14.9 Å². The van der Waals surface area contributed by atoms with Gasteiger partial charge in [-0.05, 0) is 67.4 Å². The molecule has 0 bridgehead atoms. The number of nitro benzene ring substituents is 1. The van der Waals surface area contributed by atoms with E-state index in [0.29, 0.717) is 5.69 Å². The van der Waals surface area contributed by atoms with E-state index in [1.54, 1.807) is 23.9 Å². The van der Waals surface area contributed by atoms with Gasteiger partial charge in [0.25, 0.3) is 11.6 Å². The molecule has 0 unspecified atom stereocenters. The predicted octanol–water partition coefficient (Wildman–Crippen LogP) is 6.27. The van der Waals surface area contributed by atoms with Crippen LogP contribution in [0.1, 0.15) is 21.5 Å². The van der Waals surface area contributed by atoms with Gasteiger partial charge in [-0.25, -0.2) is 0 Å². The van der Waals surface area contributed by atoms with Crippen molar-refractivity contribution < 1.29 is 9.72 Å². The smallest absolute Gasteiger partial charge is 0.270 e. The van der Waals surface area contributed by atoms with Crippen LogP contribution in [0, 0.1) is 24.0 Å². The second-order valence-corrected chi connectivity index (χ2v) is 7.80. The third kappa shape index (κ3) is 4.71. The van der Waals surface area contributed by atoms with Crippen molar-refractivity contribution in [3.63, 3.8) is 0 Å². The van der Waals surface area contributed by atoms with E-state index in [4.69, 9.17) is 11.6 Å². The van der Waals surface area contributed by atoms with Gasteiger partial charge >= 0.3 is 0 Å². The van der Waals surface area contributed by atoms with E-state index in [9.17, 15) is 14.9 Å². The van der Waals surface area contributed by atoms with Crippen LogP contribution in [0.2, 0.25) is 5.02 Å². The number of hydrogen-bond acceptors (Lipinski definition) is 4. The van der Waals surface area contributed by atoms with Crippen LogP contribution in [0.15, 0.2) is 70.5 Å². The SMILES string of the molecule is Cc1ccc(Sc2ccc(NC(=O)c3ccc([N+](=O)[O-])cc3Cl)cc2)cc1C. The first-order chi connectivity index (χ1) is 13.3. The number of hydrogen-bond donors (Lipinski definition) is 1.